The second-order valence-corrected chi connectivity index (χ2v) is 14.5. The van der Waals surface area contributed by atoms with Gasteiger partial charge in [0.15, 0.2) is 23.0 Å². The van der Waals surface area contributed by atoms with Gasteiger partial charge in [-0.15, -0.1) is 0 Å². The van der Waals surface area contributed by atoms with Gasteiger partial charge in [0.2, 0.25) is 0 Å². The smallest absolute Gasteiger partial charge is 0.434 e. The van der Waals surface area contributed by atoms with Gasteiger partial charge in [0.25, 0.3) is 0 Å². The molecule has 1 aliphatic carbocycles. The van der Waals surface area contributed by atoms with Crippen LogP contribution in [-0.2, 0) is 18.9 Å². The van der Waals surface area contributed by atoms with Gasteiger partial charge in [0, 0.05) is 43.8 Å². The molecular formula is C46H56O12. The van der Waals surface area contributed by atoms with Crippen molar-refractivity contribution in [2.75, 3.05) is 26.4 Å². The number of hydrogen-bond donors (Lipinski definition) is 0. The highest BCUT2D eigenvalue weighted by molar-refractivity contribution is 6.25. The molecule has 0 saturated heterocycles. The van der Waals surface area contributed by atoms with Crippen LogP contribution in [0, 0.1) is 13.8 Å². The van der Waals surface area contributed by atoms with Gasteiger partial charge in [-0.05, 0) is 51.7 Å². The molecule has 312 valence electrons. The first-order valence-electron chi connectivity index (χ1n) is 20.7. The van der Waals surface area contributed by atoms with Gasteiger partial charge in [-0.2, -0.15) is 0 Å². The zero-order valence-electron chi connectivity index (χ0n) is 34.7. The third kappa shape index (κ3) is 10.5. The Bertz CT molecular complexity index is 1940. The zero-order chi connectivity index (χ0) is 41.6. The molecule has 0 fully saturated rings. The van der Waals surface area contributed by atoms with Gasteiger partial charge >= 0.3 is 24.6 Å². The van der Waals surface area contributed by atoms with E-state index in [2.05, 4.69) is 0 Å². The number of aryl methyl sites for hydroxylation is 2. The molecule has 1 aliphatic rings. The van der Waals surface area contributed by atoms with E-state index in [0.29, 0.717) is 47.2 Å². The molecule has 4 aromatic rings. The third-order valence-corrected chi connectivity index (χ3v) is 9.85. The minimum Gasteiger partial charge on any atom is -0.434 e. The first kappa shape index (κ1) is 43.6. The summed E-state index contributed by atoms with van der Waals surface area (Å²) in [6.07, 6.45) is 6.02. The normalized spacial score (nSPS) is 11.3. The molecular weight excluding hydrogens is 744 g/mol. The predicted molar refractivity (Wildman–Crippen MR) is 221 cm³/mol. The van der Waals surface area contributed by atoms with Crippen molar-refractivity contribution in [1.29, 1.82) is 0 Å². The second kappa shape index (κ2) is 21.3. The Morgan fingerprint density at radius 2 is 0.638 bits per heavy atom. The van der Waals surface area contributed by atoms with E-state index in [1.54, 1.807) is 24.3 Å². The maximum absolute atomic E-state index is 13.4. The molecule has 0 aliphatic heterocycles. The Balaban J connectivity index is 1.78. The first-order valence-corrected chi connectivity index (χ1v) is 20.7. The van der Waals surface area contributed by atoms with E-state index in [-0.39, 0.29) is 71.7 Å². The summed E-state index contributed by atoms with van der Waals surface area (Å²) in [4.78, 5) is 53.7. The van der Waals surface area contributed by atoms with Crippen LogP contribution in [0.1, 0.15) is 116 Å². The monoisotopic (exact) mass is 800 g/mol. The summed E-state index contributed by atoms with van der Waals surface area (Å²) >= 11 is 0. The van der Waals surface area contributed by atoms with E-state index < -0.39 is 24.6 Å². The molecule has 58 heavy (non-hydrogen) atoms. The average Bonchev–Trinajstić information content (AvgIpc) is 3.19. The second-order valence-electron chi connectivity index (χ2n) is 14.5. The van der Waals surface area contributed by atoms with Crippen LogP contribution in [0.25, 0.3) is 43.8 Å². The van der Waals surface area contributed by atoms with Crippen molar-refractivity contribution in [2.45, 2.75) is 119 Å². The lowest BCUT2D eigenvalue weighted by Gasteiger charge is -2.33. The molecule has 12 nitrogen and oxygen atoms in total. The Hall–Kier alpha value is -5.52. The third-order valence-electron chi connectivity index (χ3n) is 9.85. The quantitative estimate of drug-likeness (QED) is 0.0320. The highest BCUT2D eigenvalue weighted by atomic mass is 16.7. The number of rotatable bonds is 20. The van der Waals surface area contributed by atoms with Gasteiger partial charge in [0.05, 0.1) is 26.4 Å². The molecule has 0 atom stereocenters. The highest BCUT2D eigenvalue weighted by Crippen LogP contribution is 2.67. The van der Waals surface area contributed by atoms with Crippen LogP contribution in [0.5, 0.6) is 23.0 Å². The minimum absolute atomic E-state index is 0.0721. The molecule has 0 bridgehead atoms. The Kier molecular flexibility index (Phi) is 16.0. The summed E-state index contributed by atoms with van der Waals surface area (Å²) in [7, 11) is 0. The van der Waals surface area contributed by atoms with Crippen LogP contribution in [0.15, 0.2) is 36.4 Å². The van der Waals surface area contributed by atoms with E-state index in [1.807, 2.05) is 53.7 Å². The summed E-state index contributed by atoms with van der Waals surface area (Å²) in [6.45, 7) is 12.5. The number of unbranched alkanes of at least 4 members (excludes halogenated alkanes) is 8. The molecule has 0 N–H and O–H groups in total. The van der Waals surface area contributed by atoms with Crippen molar-refractivity contribution in [3.8, 4) is 45.3 Å². The van der Waals surface area contributed by atoms with Crippen LogP contribution >= 0.6 is 0 Å². The van der Waals surface area contributed by atoms with Crippen LogP contribution in [-0.4, -0.2) is 51.0 Å². The lowest BCUT2D eigenvalue weighted by atomic mass is 9.74. The lowest BCUT2D eigenvalue weighted by molar-refractivity contribution is 0.0952. The first-order chi connectivity index (χ1) is 28.1. The Morgan fingerprint density at radius 1 is 0.379 bits per heavy atom. The molecule has 0 spiro atoms. The van der Waals surface area contributed by atoms with Gasteiger partial charge < -0.3 is 37.9 Å². The molecule has 4 aromatic carbocycles. The molecule has 0 heterocycles. The van der Waals surface area contributed by atoms with Crippen molar-refractivity contribution in [1.82, 2.24) is 0 Å². The number of ether oxygens (including phenoxy) is 8. The van der Waals surface area contributed by atoms with Gasteiger partial charge in [-0.1, -0.05) is 114 Å². The summed E-state index contributed by atoms with van der Waals surface area (Å²) in [5.74, 6) is 0.294. The molecule has 12 heteroatoms. The summed E-state index contributed by atoms with van der Waals surface area (Å²) in [5, 5.41) is 1.64. The lowest BCUT2D eigenvalue weighted by Crippen LogP contribution is -2.20. The number of carbonyl (C=O) groups excluding carboxylic acids is 4. The maximum Gasteiger partial charge on any atom is 0.513 e. The zero-order valence-corrected chi connectivity index (χ0v) is 34.7. The van der Waals surface area contributed by atoms with Crippen LogP contribution in [0.4, 0.5) is 19.2 Å². The fourth-order valence-corrected chi connectivity index (χ4v) is 6.88. The average molecular weight is 801 g/mol. The fourth-order valence-electron chi connectivity index (χ4n) is 6.88. The Labute approximate surface area is 340 Å². The largest absolute Gasteiger partial charge is 0.513 e. The summed E-state index contributed by atoms with van der Waals surface area (Å²) < 4.78 is 46.3. The Morgan fingerprint density at radius 3 is 0.897 bits per heavy atom. The molecule has 5 rings (SSSR count). The summed E-state index contributed by atoms with van der Waals surface area (Å²) in [5.41, 5.74) is 2.71. The van der Waals surface area contributed by atoms with Gasteiger partial charge in [0.1, 0.15) is 0 Å². The van der Waals surface area contributed by atoms with Crippen molar-refractivity contribution in [3.05, 3.63) is 47.5 Å². The fraction of sp³-hybridized carbons (Fsp3) is 0.478. The van der Waals surface area contributed by atoms with E-state index in [4.69, 9.17) is 37.9 Å². The number of carbonyl (C=O) groups is 4. The molecule has 0 unspecified atom stereocenters. The van der Waals surface area contributed by atoms with E-state index in [9.17, 15) is 19.2 Å². The summed E-state index contributed by atoms with van der Waals surface area (Å²) in [6, 6.07) is 10.8. The van der Waals surface area contributed by atoms with Gasteiger partial charge in [-0.3, -0.25) is 0 Å². The van der Waals surface area contributed by atoms with Crippen molar-refractivity contribution < 1.29 is 57.1 Å². The number of hydrogen-bond acceptors (Lipinski definition) is 12. The molecule has 0 aromatic heterocycles. The van der Waals surface area contributed by atoms with Crippen LogP contribution in [0.2, 0.25) is 0 Å². The topological polar surface area (TPSA) is 142 Å². The van der Waals surface area contributed by atoms with E-state index >= 15 is 0 Å². The number of benzene rings is 4. The predicted octanol–water partition coefficient (Wildman–Crippen LogP) is 13.1. The standard InChI is InChI=1S/C46H56O12/c1-7-11-15-23-51-43(47)55-39-31-21-19-29(5)27-33(31)41(57-45(49)53-25-17-13-9-3)37-35(39)38-36(37)40(56-44(48)52-24-16-12-8-2)32-22-20-30(6)28-34(32)42(38)58-46(50)54-26-18-14-10-4/h19-22,27-28H,7-18,23-26H2,1-6H3. The van der Waals surface area contributed by atoms with Crippen molar-refractivity contribution in [2.24, 2.45) is 0 Å². The molecule has 0 saturated carbocycles. The highest BCUT2D eigenvalue weighted by Gasteiger charge is 2.43. The van der Waals surface area contributed by atoms with Crippen LogP contribution < -0.4 is 18.9 Å². The van der Waals surface area contributed by atoms with Crippen LogP contribution in [0.3, 0.4) is 0 Å². The maximum atomic E-state index is 13.4. The SMILES string of the molecule is CCCCCOC(=O)Oc1c2c(c(OC(=O)OCCCCC)c3cc(C)ccc13)-c1c-2c(OC(=O)OCCCCC)c2cc(C)ccc2c1OC(=O)OCCCCC. The van der Waals surface area contributed by atoms with E-state index in [1.165, 1.54) is 0 Å². The van der Waals surface area contributed by atoms with Gasteiger partial charge in [-0.25, -0.2) is 19.2 Å². The molecule has 0 radical (unpaired) electrons. The van der Waals surface area contributed by atoms with Crippen molar-refractivity contribution in [3.63, 3.8) is 0 Å². The van der Waals surface area contributed by atoms with E-state index in [0.717, 1.165) is 62.5 Å². The molecule has 0 amide bonds. The minimum atomic E-state index is -0.945. The number of fused-ring (bicyclic) bond motifs is 6. The van der Waals surface area contributed by atoms with Crippen molar-refractivity contribution >= 4 is 46.2 Å².